The van der Waals surface area contributed by atoms with Gasteiger partial charge in [-0.3, -0.25) is 9.59 Å². The first-order chi connectivity index (χ1) is 14.8. The summed E-state index contributed by atoms with van der Waals surface area (Å²) in [5.41, 5.74) is 2.46. The van der Waals surface area contributed by atoms with Crippen molar-refractivity contribution in [3.05, 3.63) is 70.1 Å². The Morgan fingerprint density at radius 1 is 1.10 bits per heavy atom. The number of ether oxygens (including phenoxy) is 2. The zero-order chi connectivity index (χ0) is 22.5. The SMILES string of the molecule is CCOC(=O)C(C)Oc1cccc2c(=O)n(CC(=O)Nc3ccc(C)cc3C)ccc12. The Balaban J connectivity index is 1.82. The number of carbonyl (C=O) groups is 2. The fourth-order valence-electron chi connectivity index (χ4n) is 3.31. The maximum atomic E-state index is 12.9. The van der Waals surface area contributed by atoms with Crippen molar-refractivity contribution in [1.29, 1.82) is 0 Å². The van der Waals surface area contributed by atoms with Gasteiger partial charge in [-0.05, 0) is 57.5 Å². The van der Waals surface area contributed by atoms with Gasteiger partial charge in [0, 0.05) is 17.3 Å². The number of fused-ring (bicyclic) bond motifs is 1. The molecule has 0 aliphatic heterocycles. The number of pyridine rings is 1. The van der Waals surface area contributed by atoms with Crippen LogP contribution in [0.3, 0.4) is 0 Å². The van der Waals surface area contributed by atoms with Crippen molar-refractivity contribution in [2.45, 2.75) is 40.3 Å². The summed E-state index contributed by atoms with van der Waals surface area (Å²) >= 11 is 0. The molecule has 2 aromatic carbocycles. The molecule has 0 bridgehead atoms. The van der Waals surface area contributed by atoms with Crippen molar-refractivity contribution < 1.29 is 19.1 Å². The van der Waals surface area contributed by atoms with E-state index in [4.69, 9.17) is 9.47 Å². The van der Waals surface area contributed by atoms with Crippen LogP contribution in [0.1, 0.15) is 25.0 Å². The second-order valence-corrected chi connectivity index (χ2v) is 7.34. The van der Waals surface area contributed by atoms with Crippen molar-refractivity contribution in [3.8, 4) is 5.75 Å². The van der Waals surface area contributed by atoms with Crippen LogP contribution >= 0.6 is 0 Å². The highest BCUT2D eigenvalue weighted by Crippen LogP contribution is 2.24. The number of benzene rings is 2. The van der Waals surface area contributed by atoms with Crippen LogP contribution in [0, 0.1) is 13.8 Å². The number of nitrogens with zero attached hydrogens (tertiary/aromatic N) is 1. The first kappa shape index (κ1) is 22.1. The molecule has 1 unspecified atom stereocenters. The van der Waals surface area contributed by atoms with Crippen LogP contribution in [0.15, 0.2) is 53.5 Å². The summed E-state index contributed by atoms with van der Waals surface area (Å²) in [6, 6.07) is 12.5. The quantitative estimate of drug-likeness (QED) is 0.588. The Hall–Kier alpha value is -3.61. The van der Waals surface area contributed by atoms with E-state index < -0.39 is 12.1 Å². The van der Waals surface area contributed by atoms with Crippen molar-refractivity contribution in [2.75, 3.05) is 11.9 Å². The number of carbonyl (C=O) groups excluding carboxylic acids is 2. The maximum Gasteiger partial charge on any atom is 0.347 e. The molecule has 0 saturated carbocycles. The van der Waals surface area contributed by atoms with E-state index in [1.807, 2.05) is 32.0 Å². The van der Waals surface area contributed by atoms with E-state index in [2.05, 4.69) is 5.32 Å². The second-order valence-electron chi connectivity index (χ2n) is 7.34. The number of anilines is 1. The summed E-state index contributed by atoms with van der Waals surface area (Å²) in [4.78, 5) is 37.3. The Bertz CT molecular complexity index is 1180. The number of hydrogen-bond acceptors (Lipinski definition) is 5. The van der Waals surface area contributed by atoms with Crippen LogP contribution in [0.5, 0.6) is 5.75 Å². The lowest BCUT2D eigenvalue weighted by Gasteiger charge is -2.15. The third-order valence-corrected chi connectivity index (χ3v) is 4.87. The number of aromatic nitrogens is 1. The van der Waals surface area contributed by atoms with Gasteiger partial charge in [-0.15, -0.1) is 0 Å². The largest absolute Gasteiger partial charge is 0.478 e. The number of esters is 1. The van der Waals surface area contributed by atoms with E-state index >= 15 is 0 Å². The number of amides is 1. The zero-order valence-corrected chi connectivity index (χ0v) is 18.1. The summed E-state index contributed by atoms with van der Waals surface area (Å²) in [5.74, 6) is -0.366. The van der Waals surface area contributed by atoms with Gasteiger partial charge in [0.15, 0.2) is 6.10 Å². The Morgan fingerprint density at radius 3 is 2.58 bits per heavy atom. The lowest BCUT2D eigenvalue weighted by atomic mass is 10.1. The molecule has 3 rings (SSSR count). The van der Waals surface area contributed by atoms with E-state index in [1.165, 1.54) is 4.57 Å². The summed E-state index contributed by atoms with van der Waals surface area (Å²) < 4.78 is 12.0. The van der Waals surface area contributed by atoms with E-state index in [9.17, 15) is 14.4 Å². The molecule has 1 atom stereocenters. The molecule has 0 aliphatic rings. The predicted molar refractivity (Wildman–Crippen MR) is 119 cm³/mol. The molecule has 31 heavy (non-hydrogen) atoms. The molecule has 0 spiro atoms. The highest BCUT2D eigenvalue weighted by molar-refractivity contribution is 5.92. The van der Waals surface area contributed by atoms with Crippen LogP contribution in [0.25, 0.3) is 10.8 Å². The minimum atomic E-state index is -0.809. The Morgan fingerprint density at radius 2 is 1.87 bits per heavy atom. The van der Waals surface area contributed by atoms with Gasteiger partial charge < -0.3 is 19.4 Å². The molecular formula is C24H26N2O5. The summed E-state index contributed by atoms with van der Waals surface area (Å²) in [6.07, 6.45) is 0.741. The van der Waals surface area contributed by atoms with Gasteiger partial charge in [0.25, 0.3) is 5.56 Å². The summed E-state index contributed by atoms with van der Waals surface area (Å²) in [5, 5.41) is 3.81. The maximum absolute atomic E-state index is 12.9. The van der Waals surface area contributed by atoms with Crippen LogP contribution in [-0.4, -0.2) is 29.2 Å². The lowest BCUT2D eigenvalue weighted by molar-refractivity contribution is -0.150. The third kappa shape index (κ3) is 5.12. The number of aryl methyl sites for hydroxylation is 2. The molecule has 162 valence electrons. The van der Waals surface area contributed by atoms with E-state index in [0.717, 1.165) is 11.1 Å². The monoisotopic (exact) mass is 422 g/mol. The summed E-state index contributed by atoms with van der Waals surface area (Å²) in [7, 11) is 0. The first-order valence-corrected chi connectivity index (χ1v) is 10.1. The molecule has 0 fully saturated rings. The average Bonchev–Trinajstić information content (AvgIpc) is 2.72. The number of nitrogens with one attached hydrogen (secondary N) is 1. The first-order valence-electron chi connectivity index (χ1n) is 10.1. The fraction of sp³-hybridized carbons (Fsp3) is 0.292. The summed E-state index contributed by atoms with van der Waals surface area (Å²) in [6.45, 7) is 7.36. The molecule has 1 heterocycles. The van der Waals surface area contributed by atoms with E-state index in [0.29, 0.717) is 22.2 Å². The van der Waals surface area contributed by atoms with Crippen molar-refractivity contribution in [2.24, 2.45) is 0 Å². The fourth-order valence-corrected chi connectivity index (χ4v) is 3.31. The molecule has 1 amide bonds. The van der Waals surface area contributed by atoms with E-state index in [-0.39, 0.29) is 24.6 Å². The van der Waals surface area contributed by atoms with Crippen molar-refractivity contribution in [3.63, 3.8) is 0 Å². The predicted octanol–water partition coefficient (Wildman–Crippen LogP) is 3.59. The molecule has 7 nitrogen and oxygen atoms in total. The molecule has 0 saturated heterocycles. The topological polar surface area (TPSA) is 86.6 Å². The number of hydrogen-bond donors (Lipinski definition) is 1. The average molecular weight is 422 g/mol. The van der Waals surface area contributed by atoms with Gasteiger partial charge in [-0.25, -0.2) is 4.79 Å². The molecule has 3 aromatic rings. The molecule has 1 aromatic heterocycles. The minimum Gasteiger partial charge on any atom is -0.478 e. The standard InChI is InChI=1S/C24H26N2O5/c1-5-30-24(29)17(4)31-21-8-6-7-19-18(21)11-12-26(23(19)28)14-22(27)25-20-10-9-15(2)13-16(20)3/h6-13,17H,5,14H2,1-4H3,(H,25,27). The molecular weight excluding hydrogens is 396 g/mol. The van der Waals surface area contributed by atoms with Gasteiger partial charge in [-0.1, -0.05) is 23.8 Å². The minimum absolute atomic E-state index is 0.119. The van der Waals surface area contributed by atoms with Gasteiger partial charge in [0.1, 0.15) is 12.3 Å². The Labute approximate surface area is 180 Å². The molecule has 7 heteroatoms. The second kappa shape index (κ2) is 9.47. The highest BCUT2D eigenvalue weighted by Gasteiger charge is 2.18. The van der Waals surface area contributed by atoms with Crippen molar-refractivity contribution in [1.82, 2.24) is 4.57 Å². The van der Waals surface area contributed by atoms with Gasteiger partial charge in [0.2, 0.25) is 5.91 Å². The van der Waals surface area contributed by atoms with Crippen LogP contribution in [0.2, 0.25) is 0 Å². The smallest absolute Gasteiger partial charge is 0.347 e. The lowest BCUT2D eigenvalue weighted by Crippen LogP contribution is -2.28. The van der Waals surface area contributed by atoms with Crippen LogP contribution < -0.4 is 15.6 Å². The number of rotatable bonds is 7. The van der Waals surface area contributed by atoms with Gasteiger partial charge in [0.05, 0.1) is 12.0 Å². The third-order valence-electron chi connectivity index (χ3n) is 4.87. The Kier molecular flexibility index (Phi) is 6.74. The highest BCUT2D eigenvalue weighted by atomic mass is 16.6. The zero-order valence-electron chi connectivity index (χ0n) is 18.1. The van der Waals surface area contributed by atoms with Gasteiger partial charge >= 0.3 is 5.97 Å². The van der Waals surface area contributed by atoms with Crippen LogP contribution in [-0.2, 0) is 20.9 Å². The molecule has 1 N–H and O–H groups in total. The molecule has 0 radical (unpaired) electrons. The van der Waals surface area contributed by atoms with E-state index in [1.54, 1.807) is 44.3 Å². The van der Waals surface area contributed by atoms with Crippen molar-refractivity contribution >= 4 is 28.3 Å². The van der Waals surface area contributed by atoms with Gasteiger partial charge in [-0.2, -0.15) is 0 Å². The molecule has 0 aliphatic carbocycles. The van der Waals surface area contributed by atoms with Crippen LogP contribution in [0.4, 0.5) is 5.69 Å². The normalized spacial score (nSPS) is 11.7.